The molecule has 1 unspecified atom stereocenters. The monoisotopic (exact) mass is 798 g/mol. The molecule has 1 aliphatic heterocycles. The standard InChI is InChI=1S/C45H42N12O3/c1-30(60-39-9-6-31(7-10-39)44(58)52-41-21-36-19-32(3-4-34(36)24-49-41)40-26-46-28-54(40)2)12-14-55-15-17-56(18-16-55)43-23-33(11-13-48-43)45(59)53-42-22-37-20-38(57-29-47-27-51-57)8-5-35(37)25-50-42/h3-11,13,19-30H,12,14-18H2,1-2H3,(H,49,52,58)(H,50,53,59). The fourth-order valence-corrected chi connectivity index (χ4v) is 7.34. The van der Waals surface area contributed by atoms with Crippen LogP contribution in [0.3, 0.4) is 0 Å². The molecule has 0 spiro atoms. The minimum atomic E-state index is -0.252. The molecule has 1 aliphatic rings. The lowest BCUT2D eigenvalue weighted by Gasteiger charge is -2.35. The summed E-state index contributed by atoms with van der Waals surface area (Å²) in [5.41, 5.74) is 3.93. The third-order valence-electron chi connectivity index (χ3n) is 10.7. The van der Waals surface area contributed by atoms with Crippen LogP contribution in [0.5, 0.6) is 5.75 Å². The summed E-state index contributed by atoms with van der Waals surface area (Å²) in [7, 11) is 1.96. The van der Waals surface area contributed by atoms with E-state index in [9.17, 15) is 9.59 Å². The van der Waals surface area contributed by atoms with E-state index < -0.39 is 0 Å². The van der Waals surface area contributed by atoms with Crippen molar-refractivity contribution in [2.24, 2.45) is 7.05 Å². The van der Waals surface area contributed by atoms with E-state index in [0.29, 0.717) is 28.5 Å². The number of nitrogens with one attached hydrogen (secondary N) is 2. The van der Waals surface area contributed by atoms with Gasteiger partial charge in [-0.1, -0.05) is 18.2 Å². The Hall–Kier alpha value is -7.52. The van der Waals surface area contributed by atoms with E-state index in [1.54, 1.807) is 54.1 Å². The molecule has 9 rings (SSSR count). The number of imidazole rings is 1. The highest BCUT2D eigenvalue weighted by atomic mass is 16.5. The molecular weight excluding hydrogens is 757 g/mol. The Morgan fingerprint density at radius 2 is 1.43 bits per heavy atom. The normalized spacial score (nSPS) is 13.7. The fourth-order valence-electron chi connectivity index (χ4n) is 7.34. The maximum absolute atomic E-state index is 13.3. The predicted octanol–water partition coefficient (Wildman–Crippen LogP) is 6.64. The second-order valence-electron chi connectivity index (χ2n) is 14.8. The Bertz CT molecular complexity index is 2800. The Morgan fingerprint density at radius 1 is 0.717 bits per heavy atom. The van der Waals surface area contributed by atoms with E-state index in [2.05, 4.69) is 63.4 Å². The topological polar surface area (TPSA) is 161 Å². The first-order chi connectivity index (χ1) is 29.3. The lowest BCUT2D eigenvalue weighted by molar-refractivity contribution is 0.101. The van der Waals surface area contributed by atoms with E-state index in [-0.39, 0.29) is 17.9 Å². The molecule has 3 aromatic carbocycles. The van der Waals surface area contributed by atoms with Gasteiger partial charge in [0.15, 0.2) is 0 Å². The third-order valence-corrected chi connectivity index (χ3v) is 10.7. The summed E-state index contributed by atoms with van der Waals surface area (Å²) in [6.07, 6.45) is 12.7. The Balaban J connectivity index is 0.732. The number of amides is 2. The minimum absolute atomic E-state index is 0.0227. The number of fused-ring (bicyclic) bond motifs is 2. The summed E-state index contributed by atoms with van der Waals surface area (Å²) in [5, 5.41) is 13.9. The fraction of sp³-hybridized carbons (Fsp3) is 0.200. The van der Waals surface area contributed by atoms with E-state index in [1.807, 2.05) is 78.5 Å². The molecule has 0 aliphatic carbocycles. The van der Waals surface area contributed by atoms with Gasteiger partial charge in [-0.15, -0.1) is 0 Å². The van der Waals surface area contributed by atoms with Gasteiger partial charge in [-0.05, 0) is 90.8 Å². The van der Waals surface area contributed by atoms with Gasteiger partial charge in [0, 0.05) is 85.8 Å². The Kier molecular flexibility index (Phi) is 10.6. The molecule has 15 heteroatoms. The largest absolute Gasteiger partial charge is 0.491 e. The minimum Gasteiger partial charge on any atom is -0.491 e. The van der Waals surface area contributed by atoms with Crippen molar-refractivity contribution >= 4 is 50.8 Å². The van der Waals surface area contributed by atoms with Crippen LogP contribution in [0.15, 0.2) is 129 Å². The van der Waals surface area contributed by atoms with Gasteiger partial charge in [-0.2, -0.15) is 5.10 Å². The van der Waals surface area contributed by atoms with Crippen LogP contribution >= 0.6 is 0 Å². The smallest absolute Gasteiger partial charge is 0.257 e. The van der Waals surface area contributed by atoms with Crippen molar-refractivity contribution < 1.29 is 14.3 Å². The summed E-state index contributed by atoms with van der Waals surface area (Å²) in [6, 6.07) is 26.5. The number of aromatic nitrogens is 8. The van der Waals surface area contributed by atoms with Gasteiger partial charge in [0.25, 0.3) is 11.8 Å². The second kappa shape index (κ2) is 16.8. The van der Waals surface area contributed by atoms with Gasteiger partial charge in [0.05, 0.1) is 30.0 Å². The molecule has 2 amide bonds. The molecule has 15 nitrogen and oxygen atoms in total. The van der Waals surface area contributed by atoms with Gasteiger partial charge < -0.3 is 24.8 Å². The van der Waals surface area contributed by atoms with Crippen LogP contribution in [0.2, 0.25) is 0 Å². The van der Waals surface area contributed by atoms with Crippen molar-refractivity contribution in [1.82, 2.24) is 44.2 Å². The van der Waals surface area contributed by atoms with Gasteiger partial charge in [0.2, 0.25) is 0 Å². The average Bonchev–Trinajstić information content (AvgIpc) is 3.98. The number of pyridine rings is 3. The number of anilines is 3. The number of aryl methyl sites for hydroxylation is 1. The first-order valence-corrected chi connectivity index (χ1v) is 19.8. The summed E-state index contributed by atoms with van der Waals surface area (Å²) in [5.74, 6) is 1.92. The van der Waals surface area contributed by atoms with Gasteiger partial charge in [-0.25, -0.2) is 29.6 Å². The molecule has 5 aromatic heterocycles. The average molecular weight is 799 g/mol. The van der Waals surface area contributed by atoms with Crippen LogP contribution in [0.1, 0.15) is 34.1 Å². The number of carbonyl (C=O) groups excluding carboxylic acids is 2. The van der Waals surface area contributed by atoms with Gasteiger partial charge in [-0.3, -0.25) is 14.5 Å². The molecule has 1 saturated heterocycles. The van der Waals surface area contributed by atoms with Crippen molar-refractivity contribution in [3.63, 3.8) is 0 Å². The zero-order chi connectivity index (χ0) is 41.0. The maximum atomic E-state index is 13.3. The SMILES string of the molecule is CC(CCN1CCN(c2cc(C(=O)Nc3cc4cc(-n5cncn5)ccc4cn3)ccn2)CC1)Oc1ccc(C(=O)Nc2cc3cc(-c4cncn4C)ccc3cn2)cc1. The highest BCUT2D eigenvalue weighted by Gasteiger charge is 2.20. The highest BCUT2D eigenvalue weighted by Crippen LogP contribution is 2.26. The van der Waals surface area contributed by atoms with Crippen LogP contribution in [0.25, 0.3) is 38.5 Å². The highest BCUT2D eigenvalue weighted by molar-refractivity contribution is 6.05. The van der Waals surface area contributed by atoms with Crippen molar-refractivity contribution in [1.29, 1.82) is 0 Å². The zero-order valence-electron chi connectivity index (χ0n) is 33.1. The third kappa shape index (κ3) is 8.51. The molecule has 6 heterocycles. The quantitative estimate of drug-likeness (QED) is 0.136. The molecule has 60 heavy (non-hydrogen) atoms. The van der Waals surface area contributed by atoms with E-state index >= 15 is 0 Å². The first-order valence-electron chi connectivity index (χ1n) is 19.8. The summed E-state index contributed by atoms with van der Waals surface area (Å²) >= 11 is 0. The molecule has 1 atom stereocenters. The van der Waals surface area contributed by atoms with Crippen LogP contribution in [-0.4, -0.2) is 94.8 Å². The molecular formula is C45H42N12O3. The molecule has 0 saturated carbocycles. The van der Waals surface area contributed by atoms with E-state index in [1.165, 1.54) is 6.33 Å². The number of nitrogens with zero attached hydrogens (tertiary/aromatic N) is 10. The molecule has 300 valence electrons. The molecule has 0 radical (unpaired) electrons. The van der Waals surface area contributed by atoms with Crippen LogP contribution in [0.4, 0.5) is 17.5 Å². The summed E-state index contributed by atoms with van der Waals surface area (Å²) in [6.45, 7) is 6.25. The molecule has 2 N–H and O–H groups in total. The Morgan fingerprint density at radius 3 is 2.13 bits per heavy atom. The molecule has 1 fully saturated rings. The van der Waals surface area contributed by atoms with Crippen LogP contribution in [-0.2, 0) is 7.05 Å². The second-order valence-corrected chi connectivity index (χ2v) is 14.8. The maximum Gasteiger partial charge on any atom is 0.257 e. The molecule has 0 bridgehead atoms. The summed E-state index contributed by atoms with van der Waals surface area (Å²) < 4.78 is 9.87. The Labute approximate surface area is 345 Å². The van der Waals surface area contributed by atoms with Gasteiger partial charge in [0.1, 0.15) is 35.9 Å². The number of piperazine rings is 1. The van der Waals surface area contributed by atoms with E-state index in [0.717, 1.165) is 83.5 Å². The van der Waals surface area contributed by atoms with Crippen LogP contribution < -0.4 is 20.3 Å². The molecule has 8 aromatic rings. The number of hydrogen-bond acceptors (Lipinski definition) is 11. The van der Waals surface area contributed by atoms with Crippen molar-refractivity contribution in [2.45, 2.75) is 19.4 Å². The number of ether oxygens (including phenoxy) is 1. The number of rotatable bonds is 12. The van der Waals surface area contributed by atoms with Crippen molar-refractivity contribution in [2.75, 3.05) is 48.3 Å². The first kappa shape index (κ1) is 38.0. The van der Waals surface area contributed by atoms with E-state index in [4.69, 9.17) is 4.74 Å². The van der Waals surface area contributed by atoms with Crippen LogP contribution in [0, 0.1) is 0 Å². The lowest BCUT2D eigenvalue weighted by Crippen LogP contribution is -2.47. The summed E-state index contributed by atoms with van der Waals surface area (Å²) in [4.78, 5) is 52.8. The number of benzene rings is 3. The van der Waals surface area contributed by atoms with Crippen molar-refractivity contribution in [3.8, 4) is 22.7 Å². The van der Waals surface area contributed by atoms with Crippen molar-refractivity contribution in [3.05, 3.63) is 140 Å². The number of hydrogen-bond donors (Lipinski definition) is 2. The number of carbonyl (C=O) groups is 2. The van der Waals surface area contributed by atoms with Gasteiger partial charge >= 0.3 is 0 Å². The zero-order valence-corrected chi connectivity index (χ0v) is 33.1. The predicted molar refractivity (Wildman–Crippen MR) is 231 cm³/mol. The lowest BCUT2D eigenvalue weighted by atomic mass is 10.1.